The zero-order valence-corrected chi connectivity index (χ0v) is 9.44. The second-order valence-electron chi connectivity index (χ2n) is 3.44. The van der Waals surface area contributed by atoms with Gasteiger partial charge in [-0.25, -0.2) is 0 Å². The van der Waals surface area contributed by atoms with Gasteiger partial charge in [-0.1, -0.05) is 6.08 Å². The lowest BCUT2D eigenvalue weighted by atomic mass is 10.2. The Kier molecular flexibility index (Phi) is 5.07. The first-order valence-electron chi connectivity index (χ1n) is 5.12. The van der Waals surface area contributed by atoms with Gasteiger partial charge < -0.3 is 15.4 Å². The molecule has 0 amide bonds. The third-order valence-electron chi connectivity index (χ3n) is 2.13. The van der Waals surface area contributed by atoms with Crippen molar-refractivity contribution in [1.29, 1.82) is 0 Å². The van der Waals surface area contributed by atoms with Crippen molar-refractivity contribution in [3.63, 3.8) is 0 Å². The molecule has 0 saturated carbocycles. The summed E-state index contributed by atoms with van der Waals surface area (Å²) < 4.78 is 5.14. The van der Waals surface area contributed by atoms with Gasteiger partial charge in [0.25, 0.3) is 0 Å². The summed E-state index contributed by atoms with van der Waals surface area (Å²) in [6.07, 6.45) is 7.01. The first-order valence-corrected chi connectivity index (χ1v) is 5.12. The number of nitrogens with zero attached hydrogens (tertiary/aromatic N) is 2. The van der Waals surface area contributed by atoms with Gasteiger partial charge in [0.15, 0.2) is 0 Å². The maximum absolute atomic E-state index is 5.42. The third-order valence-corrected chi connectivity index (χ3v) is 2.13. The highest BCUT2D eigenvalue weighted by Crippen LogP contribution is 2.11. The molecule has 1 rings (SSSR count). The molecule has 0 saturated heterocycles. The predicted octanol–water partition coefficient (Wildman–Crippen LogP) is 1.11. The van der Waals surface area contributed by atoms with Gasteiger partial charge in [-0.05, 0) is 26.0 Å². The Morgan fingerprint density at radius 3 is 3.13 bits per heavy atom. The highest BCUT2D eigenvalue weighted by molar-refractivity contribution is 5.93. The Balaban J connectivity index is 2.61. The van der Waals surface area contributed by atoms with Crippen LogP contribution in [0.4, 0.5) is 0 Å². The lowest BCUT2D eigenvalue weighted by Crippen LogP contribution is -2.24. The Morgan fingerprint density at radius 2 is 2.47 bits per heavy atom. The number of ether oxygens (including phenoxy) is 1. The van der Waals surface area contributed by atoms with Crippen LogP contribution in [0.3, 0.4) is 0 Å². The van der Waals surface area contributed by atoms with Crippen molar-refractivity contribution in [3.8, 4) is 0 Å². The molecule has 15 heavy (non-hydrogen) atoms. The van der Waals surface area contributed by atoms with E-state index in [9.17, 15) is 0 Å². The van der Waals surface area contributed by atoms with Crippen molar-refractivity contribution in [2.45, 2.75) is 13.3 Å². The van der Waals surface area contributed by atoms with E-state index in [1.54, 1.807) is 7.11 Å². The molecule has 4 nitrogen and oxygen atoms in total. The molecule has 1 aliphatic rings. The van der Waals surface area contributed by atoms with Crippen molar-refractivity contribution in [2.75, 3.05) is 26.9 Å². The summed E-state index contributed by atoms with van der Waals surface area (Å²) in [5.41, 5.74) is 7.61. The number of hydrogen-bond acceptors (Lipinski definition) is 4. The van der Waals surface area contributed by atoms with E-state index in [1.165, 1.54) is 0 Å². The molecule has 84 valence electrons. The predicted molar refractivity (Wildman–Crippen MR) is 62.6 cm³/mol. The molecule has 0 aromatic heterocycles. The molecular formula is C11H19N3O. The van der Waals surface area contributed by atoms with Crippen molar-refractivity contribution >= 4 is 5.71 Å². The molecule has 0 unspecified atom stereocenters. The maximum atomic E-state index is 5.42. The second-order valence-corrected chi connectivity index (χ2v) is 3.44. The van der Waals surface area contributed by atoms with Crippen LogP contribution in [0.2, 0.25) is 0 Å². The van der Waals surface area contributed by atoms with Crippen LogP contribution in [-0.2, 0) is 4.74 Å². The topological polar surface area (TPSA) is 50.8 Å². The van der Waals surface area contributed by atoms with Crippen LogP contribution >= 0.6 is 0 Å². The standard InChI is InChI=1S/C11H19N3O/c1-10-7-11(8-15-2)14(9-13-10)6-4-3-5-12/h4,6-7H,3,5,8-9,12H2,1-2H3/b6-4-. The Hall–Kier alpha value is -1.13. The monoisotopic (exact) mass is 209 g/mol. The number of methoxy groups -OCH3 is 1. The van der Waals surface area contributed by atoms with Gasteiger partial charge in [0.05, 0.1) is 6.61 Å². The Bertz CT molecular complexity index is 282. The second kappa shape index (κ2) is 6.37. The van der Waals surface area contributed by atoms with E-state index in [4.69, 9.17) is 10.5 Å². The molecular weight excluding hydrogens is 190 g/mol. The summed E-state index contributed by atoms with van der Waals surface area (Å²) in [5, 5.41) is 0. The van der Waals surface area contributed by atoms with Crippen LogP contribution in [-0.4, -0.2) is 37.5 Å². The van der Waals surface area contributed by atoms with Crippen molar-refractivity contribution in [1.82, 2.24) is 4.90 Å². The van der Waals surface area contributed by atoms with Crippen molar-refractivity contribution in [2.24, 2.45) is 10.7 Å². The van der Waals surface area contributed by atoms with E-state index in [1.807, 2.05) is 19.2 Å². The molecule has 0 aliphatic carbocycles. The van der Waals surface area contributed by atoms with Gasteiger partial charge >= 0.3 is 0 Å². The lowest BCUT2D eigenvalue weighted by Gasteiger charge is -2.24. The summed E-state index contributed by atoms with van der Waals surface area (Å²) in [6.45, 7) is 3.95. The highest BCUT2D eigenvalue weighted by atomic mass is 16.5. The van der Waals surface area contributed by atoms with Gasteiger partial charge in [-0.3, -0.25) is 4.99 Å². The van der Waals surface area contributed by atoms with Crippen molar-refractivity contribution < 1.29 is 4.74 Å². The summed E-state index contributed by atoms with van der Waals surface area (Å²) >= 11 is 0. The average molecular weight is 209 g/mol. The largest absolute Gasteiger partial charge is 0.378 e. The van der Waals surface area contributed by atoms with E-state index in [0.29, 0.717) is 19.8 Å². The summed E-state index contributed by atoms with van der Waals surface area (Å²) in [5.74, 6) is 0. The zero-order valence-electron chi connectivity index (χ0n) is 9.44. The van der Waals surface area contributed by atoms with Gasteiger partial charge in [-0.2, -0.15) is 0 Å². The van der Waals surface area contributed by atoms with E-state index in [2.05, 4.69) is 16.0 Å². The lowest BCUT2D eigenvalue weighted by molar-refractivity contribution is 0.202. The molecule has 0 radical (unpaired) electrons. The molecule has 0 fully saturated rings. The highest BCUT2D eigenvalue weighted by Gasteiger charge is 2.10. The van der Waals surface area contributed by atoms with Crippen LogP contribution in [0.15, 0.2) is 29.0 Å². The first kappa shape index (κ1) is 11.9. The van der Waals surface area contributed by atoms with Gasteiger partial charge in [0.2, 0.25) is 0 Å². The number of nitrogens with two attached hydrogens (primary N) is 1. The fourth-order valence-electron chi connectivity index (χ4n) is 1.36. The van der Waals surface area contributed by atoms with Gasteiger partial charge in [-0.15, -0.1) is 0 Å². The Labute approximate surface area is 91.1 Å². The third kappa shape index (κ3) is 3.85. The summed E-state index contributed by atoms with van der Waals surface area (Å²) in [7, 11) is 1.70. The first-order chi connectivity index (χ1) is 7.27. The smallest absolute Gasteiger partial charge is 0.114 e. The van der Waals surface area contributed by atoms with E-state index in [0.717, 1.165) is 17.8 Å². The van der Waals surface area contributed by atoms with Crippen LogP contribution in [0.5, 0.6) is 0 Å². The van der Waals surface area contributed by atoms with Gasteiger partial charge in [0.1, 0.15) is 6.67 Å². The quantitative estimate of drug-likeness (QED) is 0.738. The molecule has 0 spiro atoms. The zero-order chi connectivity index (χ0) is 11.1. The summed E-state index contributed by atoms with van der Waals surface area (Å²) in [6, 6.07) is 0. The average Bonchev–Trinajstić information content (AvgIpc) is 2.22. The van der Waals surface area contributed by atoms with E-state index >= 15 is 0 Å². The van der Waals surface area contributed by atoms with Gasteiger partial charge in [0, 0.05) is 24.7 Å². The molecule has 0 aromatic rings. The molecule has 2 N–H and O–H groups in total. The van der Waals surface area contributed by atoms with Crippen LogP contribution in [0.1, 0.15) is 13.3 Å². The van der Waals surface area contributed by atoms with E-state index in [-0.39, 0.29) is 0 Å². The van der Waals surface area contributed by atoms with E-state index < -0.39 is 0 Å². The minimum absolute atomic E-state index is 0.611. The number of rotatable bonds is 5. The maximum Gasteiger partial charge on any atom is 0.114 e. The molecule has 0 bridgehead atoms. The number of aliphatic imine (C=N–C) groups is 1. The normalized spacial score (nSPS) is 16.9. The van der Waals surface area contributed by atoms with Crippen LogP contribution in [0.25, 0.3) is 0 Å². The molecule has 4 heteroatoms. The fraction of sp³-hybridized carbons (Fsp3) is 0.545. The van der Waals surface area contributed by atoms with Crippen LogP contribution in [0, 0.1) is 0 Å². The molecule has 0 atom stereocenters. The SMILES string of the molecule is COCC1=CC(C)=NCN1/C=C\CCN. The molecule has 1 aliphatic heterocycles. The fourth-order valence-corrected chi connectivity index (χ4v) is 1.36. The molecule has 0 aromatic carbocycles. The number of allylic oxidation sites excluding steroid dienone is 1. The number of hydrogen-bond donors (Lipinski definition) is 1. The molecule has 1 heterocycles. The minimum Gasteiger partial charge on any atom is -0.378 e. The minimum atomic E-state index is 0.611. The van der Waals surface area contributed by atoms with Crippen molar-refractivity contribution in [3.05, 3.63) is 24.0 Å². The van der Waals surface area contributed by atoms with Crippen LogP contribution < -0.4 is 5.73 Å². The summed E-state index contributed by atoms with van der Waals surface area (Å²) in [4.78, 5) is 6.43. The Morgan fingerprint density at radius 1 is 1.67 bits per heavy atom.